The van der Waals surface area contributed by atoms with Crippen molar-refractivity contribution in [3.63, 3.8) is 0 Å². The van der Waals surface area contributed by atoms with Gasteiger partial charge in [-0.25, -0.2) is 0 Å². The molecule has 1 N–H and O–H groups in total. The lowest BCUT2D eigenvalue weighted by Crippen LogP contribution is -2.28. The molecule has 0 fully saturated rings. The molecule has 15 heavy (non-hydrogen) atoms. The van der Waals surface area contributed by atoms with Gasteiger partial charge in [0.25, 0.3) is 0 Å². The first-order valence-corrected chi connectivity index (χ1v) is 4.95. The molecule has 0 aliphatic carbocycles. The summed E-state index contributed by atoms with van der Waals surface area (Å²) in [6.45, 7) is 0.694. The highest BCUT2D eigenvalue weighted by molar-refractivity contribution is 7.80. The third-order valence-electron chi connectivity index (χ3n) is 1.92. The fourth-order valence-corrected chi connectivity index (χ4v) is 1.34. The number of rotatable bonds is 2. The van der Waals surface area contributed by atoms with Crippen molar-refractivity contribution >= 4 is 17.3 Å². The predicted molar refractivity (Wildman–Crippen MR) is 61.3 cm³/mol. The molecule has 1 aromatic carbocycles. The zero-order chi connectivity index (χ0) is 10.5. The highest BCUT2D eigenvalue weighted by Gasteiger charge is 1.98. The van der Waals surface area contributed by atoms with Crippen molar-refractivity contribution in [3.05, 3.63) is 48.3 Å². The SMILES string of the molecule is S=C(NCc1ccccc1)n1ccnn1. The number of thiocarbonyl (C=S) groups is 1. The standard InChI is InChI=1S/C10H10N4S/c15-10(14-7-6-12-13-14)11-8-9-4-2-1-3-5-9/h1-7H,8H2,(H,11,15). The summed E-state index contributed by atoms with van der Waals surface area (Å²) in [5.74, 6) is 0. The minimum atomic E-state index is 0.552. The molecule has 0 saturated carbocycles. The molecule has 2 rings (SSSR count). The first-order valence-electron chi connectivity index (χ1n) is 4.55. The fraction of sp³-hybridized carbons (Fsp3) is 0.100. The maximum Gasteiger partial charge on any atom is 0.195 e. The highest BCUT2D eigenvalue weighted by atomic mass is 32.1. The van der Waals surface area contributed by atoms with Crippen LogP contribution >= 0.6 is 12.2 Å². The summed E-state index contributed by atoms with van der Waals surface area (Å²) in [5, 5.41) is 11.1. The Morgan fingerprint density at radius 2 is 2.13 bits per heavy atom. The average molecular weight is 218 g/mol. The molecule has 0 radical (unpaired) electrons. The van der Waals surface area contributed by atoms with Gasteiger partial charge in [-0.15, -0.1) is 5.10 Å². The van der Waals surface area contributed by atoms with E-state index in [1.807, 2.05) is 30.3 Å². The number of nitrogens with zero attached hydrogens (tertiary/aromatic N) is 3. The number of benzene rings is 1. The molecule has 4 nitrogen and oxygen atoms in total. The minimum Gasteiger partial charge on any atom is -0.357 e. The van der Waals surface area contributed by atoms with E-state index in [2.05, 4.69) is 15.6 Å². The van der Waals surface area contributed by atoms with Crippen molar-refractivity contribution in [2.45, 2.75) is 6.54 Å². The van der Waals surface area contributed by atoms with Crippen LogP contribution in [0.1, 0.15) is 5.56 Å². The lowest BCUT2D eigenvalue weighted by molar-refractivity contribution is 0.793. The Bertz CT molecular complexity index is 424. The summed E-state index contributed by atoms with van der Waals surface area (Å²) in [7, 11) is 0. The minimum absolute atomic E-state index is 0.552. The lowest BCUT2D eigenvalue weighted by atomic mass is 10.2. The van der Waals surface area contributed by atoms with E-state index in [1.165, 1.54) is 10.2 Å². The van der Waals surface area contributed by atoms with E-state index in [1.54, 1.807) is 12.4 Å². The third-order valence-corrected chi connectivity index (χ3v) is 2.25. The summed E-state index contributed by atoms with van der Waals surface area (Å²) in [5.41, 5.74) is 1.18. The molecule has 0 aliphatic heterocycles. The summed E-state index contributed by atoms with van der Waals surface area (Å²) in [4.78, 5) is 0. The van der Waals surface area contributed by atoms with E-state index in [0.717, 1.165) is 0 Å². The largest absolute Gasteiger partial charge is 0.357 e. The van der Waals surface area contributed by atoms with Crippen molar-refractivity contribution in [2.24, 2.45) is 0 Å². The van der Waals surface area contributed by atoms with Crippen molar-refractivity contribution < 1.29 is 0 Å². The average Bonchev–Trinajstić information content (AvgIpc) is 2.81. The summed E-state index contributed by atoms with van der Waals surface area (Å²) < 4.78 is 1.53. The van der Waals surface area contributed by atoms with Crippen LogP contribution in [0.25, 0.3) is 0 Å². The second kappa shape index (κ2) is 4.65. The van der Waals surface area contributed by atoms with Gasteiger partial charge in [-0.3, -0.25) is 0 Å². The number of hydrogen-bond donors (Lipinski definition) is 1. The molecule has 0 bridgehead atoms. The maximum absolute atomic E-state index is 5.12. The number of hydrogen-bond acceptors (Lipinski definition) is 3. The van der Waals surface area contributed by atoms with Crippen molar-refractivity contribution in [1.29, 1.82) is 0 Å². The second-order valence-corrected chi connectivity index (χ2v) is 3.38. The van der Waals surface area contributed by atoms with Crippen LogP contribution in [0.15, 0.2) is 42.7 Å². The number of aromatic nitrogens is 3. The van der Waals surface area contributed by atoms with Gasteiger partial charge in [0.2, 0.25) is 0 Å². The first kappa shape index (κ1) is 9.79. The van der Waals surface area contributed by atoms with Gasteiger partial charge in [-0.1, -0.05) is 35.5 Å². The van der Waals surface area contributed by atoms with Crippen LogP contribution in [0.3, 0.4) is 0 Å². The zero-order valence-corrected chi connectivity index (χ0v) is 8.81. The Morgan fingerprint density at radius 3 is 2.80 bits per heavy atom. The van der Waals surface area contributed by atoms with Crippen molar-refractivity contribution in [3.8, 4) is 0 Å². The molecule has 76 valence electrons. The van der Waals surface area contributed by atoms with Crippen LogP contribution in [0, 0.1) is 0 Å². The zero-order valence-electron chi connectivity index (χ0n) is 8.00. The van der Waals surface area contributed by atoms with Crippen LogP contribution in [0.4, 0.5) is 0 Å². The molecular weight excluding hydrogens is 208 g/mol. The molecule has 5 heteroatoms. The molecule has 0 unspecified atom stereocenters. The van der Waals surface area contributed by atoms with Crippen LogP contribution in [0.2, 0.25) is 0 Å². The lowest BCUT2D eigenvalue weighted by Gasteiger charge is -2.06. The quantitative estimate of drug-likeness (QED) is 0.769. The smallest absolute Gasteiger partial charge is 0.195 e. The van der Waals surface area contributed by atoms with Crippen molar-refractivity contribution in [1.82, 2.24) is 20.3 Å². The van der Waals surface area contributed by atoms with Crippen LogP contribution in [0.5, 0.6) is 0 Å². The van der Waals surface area contributed by atoms with Gasteiger partial charge in [-0.2, -0.15) is 4.68 Å². The molecule has 1 aromatic heterocycles. The maximum atomic E-state index is 5.12. The van der Waals surface area contributed by atoms with E-state index < -0.39 is 0 Å². The van der Waals surface area contributed by atoms with Crippen LogP contribution in [-0.2, 0) is 6.54 Å². The van der Waals surface area contributed by atoms with E-state index in [-0.39, 0.29) is 0 Å². The highest BCUT2D eigenvalue weighted by Crippen LogP contribution is 1.97. The molecule has 2 aromatic rings. The topological polar surface area (TPSA) is 42.7 Å². The van der Waals surface area contributed by atoms with E-state index in [0.29, 0.717) is 11.7 Å². The first-order chi connectivity index (χ1) is 7.36. The van der Waals surface area contributed by atoms with E-state index in [4.69, 9.17) is 12.2 Å². The monoisotopic (exact) mass is 218 g/mol. The van der Waals surface area contributed by atoms with Crippen molar-refractivity contribution in [2.75, 3.05) is 0 Å². The third kappa shape index (κ3) is 2.60. The van der Waals surface area contributed by atoms with Crippen LogP contribution < -0.4 is 5.32 Å². The molecule has 0 amide bonds. The van der Waals surface area contributed by atoms with Crippen LogP contribution in [-0.4, -0.2) is 20.1 Å². The Balaban J connectivity index is 1.92. The molecule has 0 aliphatic rings. The van der Waals surface area contributed by atoms with Gasteiger partial charge in [0.1, 0.15) is 0 Å². The van der Waals surface area contributed by atoms with E-state index >= 15 is 0 Å². The number of nitrogens with one attached hydrogen (secondary N) is 1. The Kier molecular flexibility index (Phi) is 3.04. The molecule has 1 heterocycles. The summed E-state index contributed by atoms with van der Waals surface area (Å²) in [6, 6.07) is 10.1. The Hall–Kier alpha value is -1.75. The van der Waals surface area contributed by atoms with Gasteiger partial charge in [0.05, 0.1) is 12.4 Å². The van der Waals surface area contributed by atoms with Gasteiger partial charge < -0.3 is 5.32 Å². The van der Waals surface area contributed by atoms with Gasteiger partial charge >= 0.3 is 0 Å². The molecule has 0 saturated heterocycles. The van der Waals surface area contributed by atoms with Gasteiger partial charge in [0, 0.05) is 6.54 Å². The Morgan fingerprint density at radius 1 is 1.33 bits per heavy atom. The molecule has 0 spiro atoms. The normalized spacial score (nSPS) is 9.87. The van der Waals surface area contributed by atoms with Gasteiger partial charge in [-0.05, 0) is 17.8 Å². The second-order valence-electron chi connectivity index (χ2n) is 2.99. The summed E-state index contributed by atoms with van der Waals surface area (Å²) in [6.07, 6.45) is 3.30. The summed E-state index contributed by atoms with van der Waals surface area (Å²) >= 11 is 5.12. The molecule has 0 atom stereocenters. The predicted octanol–water partition coefficient (Wildman–Crippen LogP) is 1.20. The van der Waals surface area contributed by atoms with Gasteiger partial charge in [0.15, 0.2) is 5.11 Å². The fourth-order valence-electron chi connectivity index (χ4n) is 1.17. The molecular formula is C10H10N4S. The Labute approximate surface area is 92.9 Å². The van der Waals surface area contributed by atoms with E-state index in [9.17, 15) is 0 Å².